The Balaban J connectivity index is 1.69. The van der Waals surface area contributed by atoms with Gasteiger partial charge in [0.15, 0.2) is 0 Å². The van der Waals surface area contributed by atoms with Gasteiger partial charge in [-0.25, -0.2) is 0 Å². The number of carboxylic acid groups (broad SMARTS) is 1. The van der Waals surface area contributed by atoms with Gasteiger partial charge in [-0.15, -0.1) is 0 Å². The van der Waals surface area contributed by atoms with Gasteiger partial charge in [0.25, 0.3) is 5.91 Å². The number of para-hydroxylation sites is 1. The first-order valence-corrected chi connectivity index (χ1v) is 11.6. The second-order valence-corrected chi connectivity index (χ2v) is 11.1. The molecule has 0 aromatic heterocycles. The van der Waals surface area contributed by atoms with Gasteiger partial charge in [-0.1, -0.05) is 67.8 Å². The zero-order valence-electron chi connectivity index (χ0n) is 17.0. The number of benzene rings is 1. The van der Waals surface area contributed by atoms with E-state index in [2.05, 4.69) is 50.1 Å². The number of fused-ring (bicyclic) bond motifs is 1. The van der Waals surface area contributed by atoms with E-state index in [4.69, 9.17) is 17.3 Å². The molecule has 1 N–H and O–H groups in total. The van der Waals surface area contributed by atoms with Crippen molar-refractivity contribution in [2.24, 2.45) is 5.41 Å². The van der Waals surface area contributed by atoms with Gasteiger partial charge in [-0.3, -0.25) is 14.5 Å². The quantitative estimate of drug-likeness (QED) is 0.504. The summed E-state index contributed by atoms with van der Waals surface area (Å²) >= 11 is 8.22. The van der Waals surface area contributed by atoms with E-state index in [1.54, 1.807) is 11.8 Å². The smallest absolute Gasteiger partial charge is 0.323 e. The highest BCUT2D eigenvalue weighted by molar-refractivity contribution is 8.26. The number of anilines is 1. The van der Waals surface area contributed by atoms with Gasteiger partial charge in [0.1, 0.15) is 10.9 Å². The topological polar surface area (TPSA) is 60.9 Å². The molecule has 30 heavy (non-hydrogen) atoms. The van der Waals surface area contributed by atoms with Crippen molar-refractivity contribution < 1.29 is 14.7 Å². The molecule has 0 saturated carbocycles. The maximum atomic E-state index is 12.9. The second kappa shape index (κ2) is 7.90. The summed E-state index contributed by atoms with van der Waals surface area (Å²) in [7, 11) is 2.07. The van der Waals surface area contributed by atoms with Crippen molar-refractivity contribution in [1.82, 2.24) is 4.90 Å². The summed E-state index contributed by atoms with van der Waals surface area (Å²) < 4.78 is 0.308. The maximum Gasteiger partial charge on any atom is 0.323 e. The van der Waals surface area contributed by atoms with E-state index >= 15 is 0 Å². The number of amides is 1. The van der Waals surface area contributed by atoms with Crippen molar-refractivity contribution in [3.05, 3.63) is 57.5 Å². The Bertz CT molecular complexity index is 1060. The van der Waals surface area contributed by atoms with Crippen molar-refractivity contribution in [2.45, 2.75) is 31.6 Å². The lowest BCUT2D eigenvalue weighted by atomic mass is 9.75. The van der Waals surface area contributed by atoms with Gasteiger partial charge in [-0.05, 0) is 47.6 Å². The predicted octanol–water partition coefficient (Wildman–Crippen LogP) is 5.02. The molecular formula is C22H22N2O3S3. The number of thioether (sulfide) groups is 2. The van der Waals surface area contributed by atoms with Crippen molar-refractivity contribution in [2.75, 3.05) is 18.5 Å². The Hall–Kier alpha value is -2.03. The van der Waals surface area contributed by atoms with E-state index in [1.165, 1.54) is 27.2 Å². The van der Waals surface area contributed by atoms with E-state index in [0.29, 0.717) is 9.23 Å². The van der Waals surface area contributed by atoms with Crippen molar-refractivity contribution in [3.8, 4) is 0 Å². The maximum absolute atomic E-state index is 12.9. The molecule has 3 aliphatic rings. The summed E-state index contributed by atoms with van der Waals surface area (Å²) in [6.07, 6.45) is 5.94. The highest BCUT2D eigenvalue weighted by atomic mass is 32.2. The molecule has 1 fully saturated rings. The Morgan fingerprint density at radius 3 is 2.70 bits per heavy atom. The minimum absolute atomic E-state index is 0.0130. The van der Waals surface area contributed by atoms with Crippen LogP contribution in [-0.4, -0.2) is 39.8 Å². The van der Waals surface area contributed by atoms with Crippen molar-refractivity contribution in [1.29, 1.82) is 0 Å². The molecule has 5 nitrogen and oxygen atoms in total. The summed E-state index contributed by atoms with van der Waals surface area (Å²) in [5, 5.41) is 10.2. The summed E-state index contributed by atoms with van der Waals surface area (Å²) in [5.41, 5.74) is 3.28. The van der Waals surface area contributed by atoms with Crippen LogP contribution in [0, 0.1) is 5.41 Å². The molecule has 2 aliphatic heterocycles. The summed E-state index contributed by atoms with van der Waals surface area (Å²) in [4.78, 5) is 29.1. The molecule has 1 saturated heterocycles. The number of allylic oxidation sites excluding steroid dienone is 4. The average molecular weight is 459 g/mol. The van der Waals surface area contributed by atoms with Crippen LogP contribution in [0.4, 0.5) is 5.69 Å². The van der Waals surface area contributed by atoms with E-state index in [-0.39, 0.29) is 11.3 Å². The molecule has 1 aromatic carbocycles. The number of carbonyl (C=O) groups excluding carboxylic acids is 1. The molecular weight excluding hydrogens is 436 g/mol. The standard InChI is InChI=1S/C22H22N2O3S3/c1-22(2)10-13(9-17-23(3)15-6-4-5-7-16(15)29-17)8-14(11-22)19-20(27)24(12-18(25)26)21(28)30-19/h4-9H,10-12H2,1-3H3,(H,25,26)/b17-9-,19-14+. The lowest BCUT2D eigenvalue weighted by Crippen LogP contribution is -2.33. The summed E-state index contributed by atoms with van der Waals surface area (Å²) in [6, 6.07) is 8.32. The normalized spacial score (nSPS) is 24.5. The first kappa shape index (κ1) is 21.2. The molecule has 1 aliphatic carbocycles. The minimum Gasteiger partial charge on any atom is -0.480 e. The lowest BCUT2D eigenvalue weighted by Gasteiger charge is -2.31. The Kier molecular flexibility index (Phi) is 5.59. The second-order valence-electron chi connectivity index (χ2n) is 8.36. The zero-order chi connectivity index (χ0) is 21.6. The number of rotatable bonds is 3. The molecule has 156 valence electrons. The third-order valence-electron chi connectivity index (χ3n) is 5.23. The van der Waals surface area contributed by atoms with E-state index in [0.717, 1.165) is 29.0 Å². The monoisotopic (exact) mass is 458 g/mol. The number of aliphatic carboxylic acids is 1. The molecule has 0 radical (unpaired) electrons. The van der Waals surface area contributed by atoms with Crippen molar-refractivity contribution in [3.63, 3.8) is 0 Å². The fourth-order valence-electron chi connectivity index (χ4n) is 3.97. The van der Waals surface area contributed by atoms with Crippen LogP contribution in [0.5, 0.6) is 0 Å². The lowest BCUT2D eigenvalue weighted by molar-refractivity contribution is -0.140. The Labute approximate surface area is 189 Å². The predicted molar refractivity (Wildman–Crippen MR) is 126 cm³/mol. The summed E-state index contributed by atoms with van der Waals surface area (Å²) in [5.74, 6) is -1.37. The number of nitrogens with zero attached hydrogens (tertiary/aromatic N) is 2. The Morgan fingerprint density at radius 2 is 2.00 bits per heavy atom. The number of carboxylic acids is 1. The molecule has 1 aromatic rings. The molecule has 1 amide bonds. The van der Waals surface area contributed by atoms with E-state index in [9.17, 15) is 9.59 Å². The number of hydrogen-bond donors (Lipinski definition) is 1. The summed E-state index contributed by atoms with van der Waals surface area (Å²) in [6.45, 7) is 3.98. The van der Waals surface area contributed by atoms with Crippen LogP contribution in [0.25, 0.3) is 0 Å². The van der Waals surface area contributed by atoms with Gasteiger partial charge in [0, 0.05) is 11.9 Å². The zero-order valence-corrected chi connectivity index (χ0v) is 19.4. The van der Waals surface area contributed by atoms with Crippen LogP contribution < -0.4 is 4.90 Å². The van der Waals surface area contributed by atoms with Crippen LogP contribution in [0.3, 0.4) is 0 Å². The fraction of sp³-hybridized carbons (Fsp3) is 0.318. The van der Waals surface area contributed by atoms with Gasteiger partial charge in [0.2, 0.25) is 0 Å². The Morgan fingerprint density at radius 1 is 1.27 bits per heavy atom. The van der Waals surface area contributed by atoms with Crippen LogP contribution in [0.2, 0.25) is 0 Å². The molecule has 0 spiro atoms. The third-order valence-corrected chi connectivity index (χ3v) is 7.90. The fourth-order valence-corrected chi connectivity index (χ4v) is 6.38. The van der Waals surface area contributed by atoms with E-state index < -0.39 is 12.5 Å². The van der Waals surface area contributed by atoms with Gasteiger partial charge < -0.3 is 10.0 Å². The largest absolute Gasteiger partial charge is 0.480 e. The van der Waals surface area contributed by atoms with Gasteiger partial charge >= 0.3 is 5.97 Å². The highest BCUT2D eigenvalue weighted by Gasteiger charge is 2.37. The molecule has 0 atom stereocenters. The molecule has 0 unspecified atom stereocenters. The van der Waals surface area contributed by atoms with Crippen LogP contribution in [-0.2, 0) is 9.59 Å². The number of carbonyl (C=O) groups is 2. The minimum atomic E-state index is -1.07. The van der Waals surface area contributed by atoms with Gasteiger partial charge in [0.05, 0.1) is 15.6 Å². The van der Waals surface area contributed by atoms with Crippen molar-refractivity contribution >= 4 is 57.6 Å². The van der Waals surface area contributed by atoms with E-state index in [1.807, 2.05) is 12.1 Å². The molecule has 4 rings (SSSR count). The van der Waals surface area contributed by atoms with Crippen LogP contribution in [0.15, 0.2) is 62.4 Å². The van der Waals surface area contributed by atoms with Crippen LogP contribution in [0.1, 0.15) is 26.7 Å². The highest BCUT2D eigenvalue weighted by Crippen LogP contribution is 2.48. The number of hydrogen-bond acceptors (Lipinski definition) is 6. The first-order valence-electron chi connectivity index (χ1n) is 9.56. The average Bonchev–Trinajstić information content (AvgIpc) is 3.12. The molecule has 2 heterocycles. The van der Waals surface area contributed by atoms with Crippen LogP contribution >= 0.6 is 35.7 Å². The molecule has 8 heteroatoms. The number of thiocarbonyl (C=S) groups is 1. The third kappa shape index (κ3) is 4.08. The van der Waals surface area contributed by atoms with Gasteiger partial charge in [-0.2, -0.15) is 0 Å². The molecule has 0 bridgehead atoms. The first-order chi connectivity index (χ1) is 14.1. The SMILES string of the molecule is CN1/C(=C/C2=CC(=C3\SC(=S)N(CC(=O)O)C3=O)/CC(C)(C)C2)Sc2ccccc21.